The van der Waals surface area contributed by atoms with E-state index in [0.717, 1.165) is 4.68 Å². The Kier molecular flexibility index (Phi) is 3.87. The Morgan fingerprint density at radius 1 is 1.28 bits per heavy atom. The maximum absolute atomic E-state index is 12.7. The molecule has 0 bridgehead atoms. The van der Waals surface area contributed by atoms with E-state index in [0.29, 0.717) is 0 Å². The molecule has 0 fully saturated rings. The number of rotatable bonds is 3. The lowest BCUT2D eigenvalue weighted by molar-refractivity contribution is -0.385. The molecule has 25 heavy (non-hydrogen) atoms. The fraction of sp³-hybridized carbons (Fsp3) is 0.267. The number of para-hydroxylation sites is 1. The Hall–Kier alpha value is -3.43. The summed E-state index contributed by atoms with van der Waals surface area (Å²) in [5.41, 5.74) is -0.540. The van der Waals surface area contributed by atoms with Gasteiger partial charge in [0.25, 0.3) is 17.0 Å². The fourth-order valence-corrected chi connectivity index (χ4v) is 2.23. The van der Waals surface area contributed by atoms with Crippen molar-refractivity contribution in [3.63, 3.8) is 0 Å². The number of nitro groups is 1. The van der Waals surface area contributed by atoms with Gasteiger partial charge in [-0.1, -0.05) is 32.9 Å². The molecule has 0 amide bonds. The van der Waals surface area contributed by atoms with E-state index in [2.05, 4.69) is 20.4 Å². The number of hydrogen-bond acceptors (Lipinski definition) is 7. The van der Waals surface area contributed by atoms with Gasteiger partial charge in [0.15, 0.2) is 0 Å². The van der Waals surface area contributed by atoms with Crippen molar-refractivity contribution in [1.29, 1.82) is 0 Å². The number of hydrogen-bond donors (Lipinski definition) is 0. The molecule has 2 heterocycles. The summed E-state index contributed by atoms with van der Waals surface area (Å²) >= 11 is 0. The predicted octanol–water partition coefficient (Wildman–Crippen LogP) is 1.37. The Bertz CT molecular complexity index is 1040. The van der Waals surface area contributed by atoms with E-state index < -0.39 is 15.9 Å². The van der Waals surface area contributed by atoms with Crippen molar-refractivity contribution in [2.75, 3.05) is 0 Å². The quantitative estimate of drug-likeness (QED) is 0.403. The monoisotopic (exact) mass is 341 g/mol. The molecule has 3 aromatic rings. The normalized spacial score (nSPS) is 12.1. The largest absolute Gasteiger partial charge is 0.298 e. The molecule has 3 rings (SSSR count). The molecule has 0 saturated carbocycles. The van der Waals surface area contributed by atoms with Crippen LogP contribution < -0.4 is 5.56 Å². The van der Waals surface area contributed by atoms with Gasteiger partial charge in [0.2, 0.25) is 0 Å². The van der Waals surface area contributed by atoms with Gasteiger partial charge >= 0.3 is 0 Å². The maximum Gasteiger partial charge on any atom is 0.298 e. The summed E-state index contributed by atoms with van der Waals surface area (Å²) in [6.45, 7) is 5.55. The van der Waals surface area contributed by atoms with Crippen molar-refractivity contribution in [2.24, 2.45) is 5.10 Å². The summed E-state index contributed by atoms with van der Waals surface area (Å²) in [4.78, 5) is 23.3. The highest BCUT2D eigenvalue weighted by atomic mass is 16.6. The predicted molar refractivity (Wildman–Crippen MR) is 89.8 cm³/mol. The second-order valence-electron chi connectivity index (χ2n) is 6.35. The van der Waals surface area contributed by atoms with E-state index in [1.807, 2.05) is 20.8 Å². The highest BCUT2D eigenvalue weighted by Crippen LogP contribution is 2.17. The third-order valence-corrected chi connectivity index (χ3v) is 3.46. The van der Waals surface area contributed by atoms with Crippen LogP contribution in [-0.4, -0.2) is 35.6 Å². The van der Waals surface area contributed by atoms with Crippen molar-refractivity contribution < 1.29 is 4.92 Å². The molecule has 0 aliphatic carbocycles. The smallest absolute Gasteiger partial charge is 0.265 e. The number of fused-ring (bicyclic) bond motifs is 1. The van der Waals surface area contributed by atoms with Gasteiger partial charge in [-0.15, -0.1) is 10.2 Å². The topological polar surface area (TPSA) is 121 Å². The van der Waals surface area contributed by atoms with Gasteiger partial charge in [-0.05, 0) is 6.07 Å². The van der Waals surface area contributed by atoms with Crippen LogP contribution in [0.15, 0.2) is 40.5 Å². The molecular formula is C15H15N7O3. The summed E-state index contributed by atoms with van der Waals surface area (Å²) < 4.78 is 2.38. The Labute approximate surface area is 141 Å². The zero-order valence-electron chi connectivity index (χ0n) is 13.8. The zero-order valence-corrected chi connectivity index (χ0v) is 13.8. The van der Waals surface area contributed by atoms with Crippen LogP contribution in [0.3, 0.4) is 0 Å². The van der Waals surface area contributed by atoms with Crippen LogP contribution in [0.1, 0.15) is 32.0 Å². The highest BCUT2D eigenvalue weighted by molar-refractivity contribution is 5.85. The Morgan fingerprint density at radius 2 is 2.00 bits per heavy atom. The third kappa shape index (κ3) is 3.01. The molecule has 0 N–H and O–H groups in total. The molecule has 0 aliphatic rings. The fourth-order valence-electron chi connectivity index (χ4n) is 2.23. The summed E-state index contributed by atoms with van der Waals surface area (Å²) in [6, 6.07) is 6.11. The summed E-state index contributed by atoms with van der Waals surface area (Å²) in [6.07, 6.45) is 2.61. The second kappa shape index (κ2) is 5.89. The first kappa shape index (κ1) is 16.4. The number of aromatic nitrogens is 5. The van der Waals surface area contributed by atoms with Gasteiger partial charge in [0, 0.05) is 11.5 Å². The van der Waals surface area contributed by atoms with Gasteiger partial charge in [0.05, 0.1) is 16.7 Å². The van der Waals surface area contributed by atoms with Crippen LogP contribution >= 0.6 is 0 Å². The molecule has 0 radical (unpaired) electrons. The first-order valence-corrected chi connectivity index (χ1v) is 7.40. The molecule has 2 aromatic heterocycles. The highest BCUT2D eigenvalue weighted by Gasteiger charge is 2.24. The van der Waals surface area contributed by atoms with E-state index in [-0.39, 0.29) is 22.7 Å². The first-order chi connectivity index (χ1) is 11.8. The van der Waals surface area contributed by atoms with E-state index in [1.54, 1.807) is 18.2 Å². The summed E-state index contributed by atoms with van der Waals surface area (Å²) in [5, 5.41) is 27.0. The molecule has 10 nitrogen and oxygen atoms in total. The molecule has 0 aliphatic heterocycles. The SMILES string of the molecule is CC(C)(C)c1nn2cnnc2n(/N=C/c2ccccc2[N+](=O)[O-])c1=O. The minimum atomic E-state index is -0.522. The minimum Gasteiger partial charge on any atom is -0.265 e. The van der Waals surface area contributed by atoms with Crippen LogP contribution in [-0.2, 0) is 5.41 Å². The van der Waals surface area contributed by atoms with Crippen LogP contribution in [0.25, 0.3) is 5.78 Å². The molecule has 128 valence electrons. The van der Waals surface area contributed by atoms with Crippen molar-refractivity contribution >= 4 is 17.7 Å². The molecular weight excluding hydrogens is 326 g/mol. The van der Waals surface area contributed by atoms with Gasteiger partial charge in [-0.2, -0.15) is 19.4 Å². The summed E-state index contributed by atoms with van der Waals surface area (Å²) in [7, 11) is 0. The third-order valence-electron chi connectivity index (χ3n) is 3.46. The van der Waals surface area contributed by atoms with Gasteiger partial charge < -0.3 is 0 Å². The average molecular weight is 341 g/mol. The van der Waals surface area contributed by atoms with Crippen molar-refractivity contribution in [2.45, 2.75) is 26.2 Å². The second-order valence-corrected chi connectivity index (χ2v) is 6.35. The zero-order chi connectivity index (χ0) is 18.2. The first-order valence-electron chi connectivity index (χ1n) is 7.40. The van der Waals surface area contributed by atoms with E-state index in [1.165, 1.54) is 23.1 Å². The number of nitrogens with zero attached hydrogens (tertiary/aromatic N) is 7. The van der Waals surface area contributed by atoms with Gasteiger partial charge in [0.1, 0.15) is 12.0 Å². The Balaban J connectivity index is 2.20. The molecule has 0 unspecified atom stereocenters. The van der Waals surface area contributed by atoms with Crippen molar-refractivity contribution in [1.82, 2.24) is 24.5 Å². The number of nitro benzene ring substituents is 1. The van der Waals surface area contributed by atoms with Crippen LogP contribution in [0.2, 0.25) is 0 Å². The van der Waals surface area contributed by atoms with Crippen molar-refractivity contribution in [3.8, 4) is 0 Å². The standard InChI is InChI=1S/C15H15N7O3/c1-15(2,3)12-13(23)21(14-18-16-9-20(14)19-12)17-8-10-6-4-5-7-11(10)22(24)25/h4-9H,1-3H3/b17-8+. The van der Waals surface area contributed by atoms with E-state index in [9.17, 15) is 14.9 Å². The molecule has 0 spiro atoms. The molecule has 0 saturated heterocycles. The van der Waals surface area contributed by atoms with E-state index in [4.69, 9.17) is 0 Å². The molecule has 0 atom stereocenters. The van der Waals surface area contributed by atoms with Crippen LogP contribution in [0, 0.1) is 10.1 Å². The lowest BCUT2D eigenvalue weighted by Gasteiger charge is -2.16. The minimum absolute atomic E-state index is 0.109. The number of benzene rings is 1. The van der Waals surface area contributed by atoms with Crippen LogP contribution in [0.4, 0.5) is 5.69 Å². The average Bonchev–Trinajstić information content (AvgIpc) is 3.01. The van der Waals surface area contributed by atoms with Gasteiger partial charge in [-0.25, -0.2) is 0 Å². The van der Waals surface area contributed by atoms with Crippen LogP contribution in [0.5, 0.6) is 0 Å². The summed E-state index contributed by atoms with van der Waals surface area (Å²) in [5.74, 6) is 0.118. The maximum atomic E-state index is 12.7. The lowest BCUT2D eigenvalue weighted by atomic mass is 9.93. The van der Waals surface area contributed by atoms with E-state index >= 15 is 0 Å². The van der Waals surface area contributed by atoms with Crippen molar-refractivity contribution in [3.05, 3.63) is 62.3 Å². The lowest BCUT2D eigenvalue weighted by Crippen LogP contribution is -2.33. The van der Waals surface area contributed by atoms with Gasteiger partial charge in [-0.3, -0.25) is 14.9 Å². The Morgan fingerprint density at radius 3 is 2.68 bits per heavy atom. The molecule has 1 aromatic carbocycles. The molecule has 10 heteroatoms.